The van der Waals surface area contributed by atoms with Crippen LogP contribution in [0.15, 0.2) is 48.5 Å². The van der Waals surface area contributed by atoms with Gasteiger partial charge in [0, 0.05) is 5.69 Å². The van der Waals surface area contributed by atoms with Crippen molar-refractivity contribution in [1.29, 1.82) is 0 Å². The molecule has 1 aliphatic heterocycles. The molecule has 1 fully saturated rings. The van der Waals surface area contributed by atoms with Crippen LogP contribution in [-0.4, -0.2) is 41.9 Å². The highest BCUT2D eigenvalue weighted by atomic mass is 16.5. The molecule has 1 saturated heterocycles. The lowest BCUT2D eigenvalue weighted by Crippen LogP contribution is -2.45. The summed E-state index contributed by atoms with van der Waals surface area (Å²) in [5, 5.41) is 5.55. The zero-order valence-corrected chi connectivity index (χ0v) is 17.5. The van der Waals surface area contributed by atoms with Crippen LogP contribution in [0.1, 0.15) is 31.4 Å². The molecule has 0 spiro atoms. The SMILES string of the molecule is CCc1ccccc1NC(=O)CN1C(=O)N[C@](C)(CCc2ccc(OC)cc2)C1=O. The smallest absolute Gasteiger partial charge is 0.325 e. The maximum Gasteiger partial charge on any atom is 0.325 e. The number of methoxy groups -OCH3 is 1. The second kappa shape index (κ2) is 8.98. The number of nitrogens with zero attached hydrogens (tertiary/aromatic N) is 1. The number of hydrogen-bond acceptors (Lipinski definition) is 4. The summed E-state index contributed by atoms with van der Waals surface area (Å²) in [5.74, 6) is -0.0317. The fourth-order valence-corrected chi connectivity index (χ4v) is 3.53. The van der Waals surface area contributed by atoms with Crippen LogP contribution >= 0.6 is 0 Å². The van der Waals surface area contributed by atoms with Crippen molar-refractivity contribution in [2.24, 2.45) is 0 Å². The van der Waals surface area contributed by atoms with E-state index in [0.717, 1.165) is 28.2 Å². The number of benzene rings is 2. The topological polar surface area (TPSA) is 87.7 Å². The molecule has 1 aliphatic rings. The van der Waals surface area contributed by atoms with E-state index in [9.17, 15) is 14.4 Å². The van der Waals surface area contributed by atoms with Crippen LogP contribution in [-0.2, 0) is 22.4 Å². The Morgan fingerprint density at radius 2 is 1.83 bits per heavy atom. The summed E-state index contributed by atoms with van der Waals surface area (Å²) < 4.78 is 5.15. The Morgan fingerprint density at radius 3 is 2.50 bits per heavy atom. The van der Waals surface area contributed by atoms with Gasteiger partial charge in [0.1, 0.15) is 17.8 Å². The third-order valence-electron chi connectivity index (χ3n) is 5.39. The molecule has 3 rings (SSSR count). The van der Waals surface area contributed by atoms with Crippen LogP contribution in [0.3, 0.4) is 0 Å². The van der Waals surface area contributed by atoms with Gasteiger partial charge in [-0.25, -0.2) is 4.79 Å². The van der Waals surface area contributed by atoms with Gasteiger partial charge in [0.05, 0.1) is 7.11 Å². The van der Waals surface area contributed by atoms with Crippen molar-refractivity contribution in [3.05, 3.63) is 59.7 Å². The first-order valence-electron chi connectivity index (χ1n) is 10.0. The molecule has 7 heteroatoms. The van der Waals surface area contributed by atoms with E-state index in [1.807, 2.05) is 55.5 Å². The Morgan fingerprint density at radius 1 is 1.13 bits per heavy atom. The van der Waals surface area contributed by atoms with Crippen molar-refractivity contribution in [2.45, 2.75) is 38.6 Å². The van der Waals surface area contributed by atoms with Crippen LogP contribution < -0.4 is 15.4 Å². The van der Waals surface area contributed by atoms with E-state index in [0.29, 0.717) is 18.5 Å². The highest BCUT2D eigenvalue weighted by Gasteiger charge is 2.47. The van der Waals surface area contributed by atoms with Gasteiger partial charge in [-0.15, -0.1) is 0 Å². The van der Waals surface area contributed by atoms with Gasteiger partial charge in [-0.05, 0) is 55.5 Å². The van der Waals surface area contributed by atoms with Gasteiger partial charge in [0.2, 0.25) is 5.91 Å². The number of aryl methyl sites for hydroxylation is 2. The number of nitrogens with one attached hydrogen (secondary N) is 2. The molecule has 4 amide bonds. The first-order chi connectivity index (χ1) is 14.4. The molecule has 0 bridgehead atoms. The van der Waals surface area contributed by atoms with Crippen molar-refractivity contribution >= 4 is 23.5 Å². The predicted molar refractivity (Wildman–Crippen MR) is 114 cm³/mol. The Balaban J connectivity index is 1.62. The second-order valence-electron chi connectivity index (χ2n) is 7.56. The van der Waals surface area contributed by atoms with Crippen LogP contribution in [0.4, 0.5) is 10.5 Å². The van der Waals surface area contributed by atoms with Crippen molar-refractivity contribution in [2.75, 3.05) is 19.0 Å². The molecule has 0 unspecified atom stereocenters. The van der Waals surface area contributed by atoms with Crippen molar-refractivity contribution in [3.63, 3.8) is 0 Å². The number of ether oxygens (including phenoxy) is 1. The minimum Gasteiger partial charge on any atom is -0.497 e. The molecule has 30 heavy (non-hydrogen) atoms. The molecule has 0 aromatic heterocycles. The fourth-order valence-electron chi connectivity index (χ4n) is 3.53. The number of para-hydroxylation sites is 1. The van der Waals surface area contributed by atoms with Gasteiger partial charge in [0.15, 0.2) is 0 Å². The van der Waals surface area contributed by atoms with E-state index < -0.39 is 17.5 Å². The third kappa shape index (κ3) is 4.62. The number of amides is 4. The summed E-state index contributed by atoms with van der Waals surface area (Å²) in [6.45, 7) is 3.37. The summed E-state index contributed by atoms with van der Waals surface area (Å²) in [4.78, 5) is 38.8. The highest BCUT2D eigenvalue weighted by molar-refractivity contribution is 6.10. The highest BCUT2D eigenvalue weighted by Crippen LogP contribution is 2.24. The molecule has 2 aromatic rings. The number of rotatable bonds is 8. The minimum atomic E-state index is -1.04. The first-order valence-corrected chi connectivity index (χ1v) is 10.0. The number of carbonyl (C=O) groups excluding carboxylic acids is 3. The van der Waals surface area contributed by atoms with Crippen LogP contribution in [0.2, 0.25) is 0 Å². The molecule has 0 aliphatic carbocycles. The Labute approximate surface area is 176 Å². The first kappa shape index (κ1) is 21.4. The predicted octanol–water partition coefficient (Wildman–Crippen LogP) is 3.14. The van der Waals surface area contributed by atoms with Gasteiger partial charge in [-0.3, -0.25) is 14.5 Å². The van der Waals surface area contributed by atoms with Crippen LogP contribution in [0.25, 0.3) is 0 Å². The monoisotopic (exact) mass is 409 g/mol. The Kier molecular flexibility index (Phi) is 6.40. The number of hydrogen-bond donors (Lipinski definition) is 2. The molecule has 0 saturated carbocycles. The number of anilines is 1. The van der Waals surface area contributed by atoms with E-state index in [1.165, 1.54) is 0 Å². The van der Waals surface area contributed by atoms with Crippen LogP contribution in [0, 0.1) is 0 Å². The maximum atomic E-state index is 12.9. The lowest BCUT2D eigenvalue weighted by Gasteiger charge is -2.21. The normalized spacial score (nSPS) is 18.3. The maximum absolute atomic E-state index is 12.9. The van der Waals surface area contributed by atoms with Gasteiger partial charge < -0.3 is 15.4 Å². The Hall–Kier alpha value is -3.35. The molecular weight excluding hydrogens is 382 g/mol. The second-order valence-corrected chi connectivity index (χ2v) is 7.56. The van der Waals surface area contributed by atoms with E-state index in [-0.39, 0.29) is 12.5 Å². The number of imide groups is 1. The van der Waals surface area contributed by atoms with Gasteiger partial charge in [0.25, 0.3) is 5.91 Å². The van der Waals surface area contributed by atoms with E-state index in [2.05, 4.69) is 10.6 Å². The van der Waals surface area contributed by atoms with Crippen molar-refractivity contribution < 1.29 is 19.1 Å². The van der Waals surface area contributed by atoms with E-state index >= 15 is 0 Å². The van der Waals surface area contributed by atoms with Gasteiger partial charge in [-0.2, -0.15) is 0 Å². The largest absolute Gasteiger partial charge is 0.497 e. The molecule has 1 heterocycles. The van der Waals surface area contributed by atoms with Crippen molar-refractivity contribution in [1.82, 2.24) is 10.2 Å². The standard InChI is InChI=1S/C23H27N3O4/c1-4-17-7-5-6-8-19(17)24-20(27)15-26-21(28)23(2,25-22(26)29)14-13-16-9-11-18(30-3)12-10-16/h5-12H,4,13-15H2,1-3H3,(H,24,27)(H,25,29)/t23-/m1/s1. The molecule has 2 N–H and O–H groups in total. The quantitative estimate of drug-likeness (QED) is 0.656. The summed E-state index contributed by atoms with van der Waals surface area (Å²) in [6, 6.07) is 14.5. The lowest BCUT2D eigenvalue weighted by atomic mass is 9.93. The molecule has 2 aromatic carbocycles. The summed E-state index contributed by atoms with van der Waals surface area (Å²) in [5.41, 5.74) is 1.68. The zero-order valence-electron chi connectivity index (χ0n) is 17.5. The number of carbonyl (C=O) groups is 3. The van der Waals surface area contributed by atoms with Gasteiger partial charge >= 0.3 is 6.03 Å². The summed E-state index contributed by atoms with van der Waals surface area (Å²) >= 11 is 0. The average Bonchev–Trinajstić information content (AvgIpc) is 2.96. The lowest BCUT2D eigenvalue weighted by molar-refractivity contribution is -0.133. The van der Waals surface area contributed by atoms with Gasteiger partial charge in [-0.1, -0.05) is 37.3 Å². The molecule has 1 atom stereocenters. The number of urea groups is 1. The fraction of sp³-hybridized carbons (Fsp3) is 0.348. The summed E-state index contributed by atoms with van der Waals surface area (Å²) in [7, 11) is 1.61. The zero-order chi connectivity index (χ0) is 21.7. The van der Waals surface area contributed by atoms with Crippen molar-refractivity contribution in [3.8, 4) is 5.75 Å². The molecule has 7 nitrogen and oxygen atoms in total. The van der Waals surface area contributed by atoms with Crippen LogP contribution in [0.5, 0.6) is 5.75 Å². The average molecular weight is 409 g/mol. The van der Waals surface area contributed by atoms with E-state index in [4.69, 9.17) is 4.74 Å². The third-order valence-corrected chi connectivity index (χ3v) is 5.39. The molecule has 0 radical (unpaired) electrons. The minimum absolute atomic E-state index is 0.319. The summed E-state index contributed by atoms with van der Waals surface area (Å²) in [6.07, 6.45) is 1.81. The Bertz CT molecular complexity index is 942. The molecular formula is C23H27N3O4. The molecule has 158 valence electrons. The van der Waals surface area contributed by atoms with E-state index in [1.54, 1.807) is 14.0 Å².